The summed E-state index contributed by atoms with van der Waals surface area (Å²) in [6.07, 6.45) is 3.55. The van der Waals surface area contributed by atoms with Gasteiger partial charge in [-0.3, -0.25) is 0 Å². The number of hydrogen-bond acceptors (Lipinski definition) is 5. The number of carbonyl (C=O) groups is 1. The lowest BCUT2D eigenvalue weighted by atomic mass is 9.93. The highest BCUT2D eigenvalue weighted by molar-refractivity contribution is 5.89. The van der Waals surface area contributed by atoms with E-state index in [2.05, 4.69) is 20.6 Å². The van der Waals surface area contributed by atoms with Gasteiger partial charge in [0.25, 0.3) is 0 Å². The minimum Gasteiger partial charge on any atom is -0.497 e. The average molecular weight is 370 g/mol. The van der Waals surface area contributed by atoms with E-state index in [1.165, 1.54) is 0 Å². The van der Waals surface area contributed by atoms with Gasteiger partial charge in [-0.15, -0.1) is 0 Å². The second kappa shape index (κ2) is 8.70. The molecular formula is C20H26N4O3. The van der Waals surface area contributed by atoms with Crippen molar-refractivity contribution in [3.8, 4) is 11.8 Å². The molecule has 1 saturated carbocycles. The predicted octanol–water partition coefficient (Wildman–Crippen LogP) is 3.61. The predicted molar refractivity (Wildman–Crippen MR) is 103 cm³/mol. The second-order valence-corrected chi connectivity index (χ2v) is 6.85. The molecule has 0 atom stereocenters. The van der Waals surface area contributed by atoms with Crippen LogP contribution in [0.1, 0.15) is 37.1 Å². The van der Waals surface area contributed by atoms with Gasteiger partial charge in [-0.25, -0.2) is 14.8 Å². The molecular weight excluding hydrogens is 344 g/mol. The molecule has 0 spiro atoms. The number of amides is 2. The minimum absolute atomic E-state index is 0.0916. The van der Waals surface area contributed by atoms with E-state index in [-0.39, 0.29) is 18.2 Å². The molecule has 0 radical (unpaired) electrons. The van der Waals surface area contributed by atoms with Gasteiger partial charge in [-0.1, -0.05) is 0 Å². The Morgan fingerprint density at radius 3 is 2.26 bits per heavy atom. The molecule has 1 heterocycles. The Bertz CT molecular complexity index is 751. The molecule has 3 rings (SSSR count). The van der Waals surface area contributed by atoms with Gasteiger partial charge in [0.2, 0.25) is 0 Å². The fourth-order valence-corrected chi connectivity index (χ4v) is 3.25. The van der Waals surface area contributed by atoms with Crippen molar-refractivity contribution < 1.29 is 14.3 Å². The van der Waals surface area contributed by atoms with Gasteiger partial charge in [-0.2, -0.15) is 0 Å². The quantitative estimate of drug-likeness (QED) is 0.840. The number of hydrogen-bond donors (Lipinski definition) is 2. The maximum atomic E-state index is 12.2. The lowest BCUT2D eigenvalue weighted by Gasteiger charge is -2.29. The summed E-state index contributed by atoms with van der Waals surface area (Å²) in [5.74, 6) is 0.757. The normalized spacial score (nSPS) is 19.2. The number of benzene rings is 1. The lowest BCUT2D eigenvalue weighted by molar-refractivity contribution is 0.129. The molecule has 2 aromatic rings. The molecule has 0 aliphatic heterocycles. The number of aromatic nitrogens is 2. The van der Waals surface area contributed by atoms with Crippen LogP contribution in [0.15, 0.2) is 30.3 Å². The van der Waals surface area contributed by atoms with E-state index in [4.69, 9.17) is 9.47 Å². The highest BCUT2D eigenvalue weighted by Gasteiger charge is 2.24. The van der Waals surface area contributed by atoms with Crippen molar-refractivity contribution in [3.05, 3.63) is 41.7 Å². The third-order valence-electron chi connectivity index (χ3n) is 4.59. The van der Waals surface area contributed by atoms with E-state index in [0.29, 0.717) is 6.01 Å². The van der Waals surface area contributed by atoms with Gasteiger partial charge in [-0.05, 0) is 69.9 Å². The molecule has 1 aromatic carbocycles. The summed E-state index contributed by atoms with van der Waals surface area (Å²) in [6, 6.07) is 9.57. The van der Waals surface area contributed by atoms with Crippen molar-refractivity contribution in [3.63, 3.8) is 0 Å². The molecule has 1 aliphatic rings. The average Bonchev–Trinajstić information content (AvgIpc) is 2.63. The summed E-state index contributed by atoms with van der Waals surface area (Å²) < 4.78 is 11.0. The van der Waals surface area contributed by atoms with E-state index in [0.717, 1.165) is 48.5 Å². The minimum atomic E-state index is -0.192. The number of aryl methyl sites for hydroxylation is 2. The smallest absolute Gasteiger partial charge is 0.319 e. The first kappa shape index (κ1) is 18.9. The van der Waals surface area contributed by atoms with Crippen molar-refractivity contribution in [1.82, 2.24) is 15.3 Å². The maximum absolute atomic E-state index is 12.2. The Balaban J connectivity index is 1.43. The standard InChI is InChI=1S/C20H26N4O3/c1-13-12-14(2)22-20(21-13)27-18-10-6-16(7-11-18)24-19(25)23-15-4-8-17(26-3)9-5-15/h4-5,8-9,12,16,18H,6-7,10-11H2,1-3H3,(H2,23,24,25). The first-order chi connectivity index (χ1) is 13.0. The number of methoxy groups -OCH3 is 1. The molecule has 1 aromatic heterocycles. The lowest BCUT2D eigenvalue weighted by Crippen LogP contribution is -2.41. The van der Waals surface area contributed by atoms with Crippen LogP contribution in [0.4, 0.5) is 10.5 Å². The first-order valence-corrected chi connectivity index (χ1v) is 9.22. The molecule has 2 N–H and O–H groups in total. The molecule has 7 heteroatoms. The molecule has 0 saturated heterocycles. The number of rotatable bonds is 5. The van der Waals surface area contributed by atoms with E-state index >= 15 is 0 Å². The van der Waals surface area contributed by atoms with Gasteiger partial charge in [0.15, 0.2) is 0 Å². The number of carbonyl (C=O) groups excluding carboxylic acids is 1. The zero-order chi connectivity index (χ0) is 19.2. The number of nitrogens with one attached hydrogen (secondary N) is 2. The van der Waals surface area contributed by atoms with Gasteiger partial charge in [0.1, 0.15) is 11.9 Å². The number of nitrogens with zero attached hydrogens (tertiary/aromatic N) is 2. The van der Waals surface area contributed by atoms with Gasteiger partial charge in [0, 0.05) is 23.1 Å². The summed E-state index contributed by atoms with van der Waals surface area (Å²) in [6.45, 7) is 3.87. The number of ether oxygens (including phenoxy) is 2. The van der Waals surface area contributed by atoms with Crippen LogP contribution in [-0.2, 0) is 0 Å². The highest BCUT2D eigenvalue weighted by Crippen LogP contribution is 2.23. The second-order valence-electron chi connectivity index (χ2n) is 6.85. The van der Waals surface area contributed by atoms with E-state index < -0.39 is 0 Å². The van der Waals surface area contributed by atoms with Gasteiger partial charge >= 0.3 is 12.0 Å². The fraction of sp³-hybridized carbons (Fsp3) is 0.450. The van der Waals surface area contributed by atoms with Crippen LogP contribution in [0.3, 0.4) is 0 Å². The third kappa shape index (κ3) is 5.57. The molecule has 7 nitrogen and oxygen atoms in total. The summed E-state index contributed by atoms with van der Waals surface area (Å²) in [5.41, 5.74) is 2.54. The summed E-state index contributed by atoms with van der Waals surface area (Å²) >= 11 is 0. The molecule has 1 aliphatic carbocycles. The Labute approximate surface area is 159 Å². The topological polar surface area (TPSA) is 85.4 Å². The van der Waals surface area contributed by atoms with Crippen LogP contribution in [0.5, 0.6) is 11.8 Å². The summed E-state index contributed by atoms with van der Waals surface area (Å²) in [7, 11) is 1.61. The van der Waals surface area contributed by atoms with E-state index in [1.807, 2.05) is 44.2 Å². The molecule has 144 valence electrons. The maximum Gasteiger partial charge on any atom is 0.319 e. The highest BCUT2D eigenvalue weighted by atomic mass is 16.5. The SMILES string of the molecule is COc1ccc(NC(=O)NC2CCC(Oc3nc(C)cc(C)n3)CC2)cc1. The van der Waals surface area contributed by atoms with Crippen molar-refractivity contribution in [1.29, 1.82) is 0 Å². The van der Waals surface area contributed by atoms with Crippen LogP contribution >= 0.6 is 0 Å². The molecule has 0 bridgehead atoms. The van der Waals surface area contributed by atoms with Crippen molar-refractivity contribution in [2.75, 3.05) is 12.4 Å². The fourth-order valence-electron chi connectivity index (χ4n) is 3.25. The zero-order valence-corrected chi connectivity index (χ0v) is 16.0. The van der Waals surface area contributed by atoms with Crippen LogP contribution in [0.25, 0.3) is 0 Å². The van der Waals surface area contributed by atoms with Crippen LogP contribution in [0.2, 0.25) is 0 Å². The largest absolute Gasteiger partial charge is 0.497 e. The van der Waals surface area contributed by atoms with Crippen molar-refractivity contribution >= 4 is 11.7 Å². The van der Waals surface area contributed by atoms with Crippen LogP contribution in [0, 0.1) is 13.8 Å². The molecule has 2 amide bonds. The Kier molecular flexibility index (Phi) is 6.11. The van der Waals surface area contributed by atoms with Gasteiger partial charge in [0.05, 0.1) is 7.11 Å². The van der Waals surface area contributed by atoms with Crippen molar-refractivity contribution in [2.24, 2.45) is 0 Å². The molecule has 1 fully saturated rings. The van der Waals surface area contributed by atoms with E-state index in [9.17, 15) is 4.79 Å². The molecule has 27 heavy (non-hydrogen) atoms. The first-order valence-electron chi connectivity index (χ1n) is 9.22. The Morgan fingerprint density at radius 1 is 1.04 bits per heavy atom. The Hall–Kier alpha value is -2.83. The summed E-state index contributed by atoms with van der Waals surface area (Å²) in [5, 5.41) is 5.88. The third-order valence-corrected chi connectivity index (χ3v) is 4.59. The molecule has 0 unspecified atom stereocenters. The summed E-state index contributed by atoms with van der Waals surface area (Å²) in [4.78, 5) is 20.8. The van der Waals surface area contributed by atoms with E-state index in [1.54, 1.807) is 7.11 Å². The van der Waals surface area contributed by atoms with Crippen LogP contribution in [-0.4, -0.2) is 35.3 Å². The Morgan fingerprint density at radius 2 is 1.67 bits per heavy atom. The monoisotopic (exact) mass is 370 g/mol. The van der Waals surface area contributed by atoms with Gasteiger partial charge < -0.3 is 20.1 Å². The number of anilines is 1. The number of urea groups is 1. The zero-order valence-electron chi connectivity index (χ0n) is 16.0. The van der Waals surface area contributed by atoms with Crippen LogP contribution < -0.4 is 20.1 Å². The van der Waals surface area contributed by atoms with Crippen molar-refractivity contribution in [2.45, 2.75) is 51.7 Å².